The standard InChI is InChI=1S/C22H26N4/c1-4-18(5-2)24-19-10-12-20(13-11-19)25-23-16-17-14-15-26(3)22-9-7-6-8-21(17)22/h6-16,18,24H,4-5H2,1-3H3/b17-16+,25-23?. The van der Waals surface area contributed by atoms with Crippen molar-refractivity contribution in [1.82, 2.24) is 0 Å². The van der Waals surface area contributed by atoms with Crippen LogP contribution in [0.15, 0.2) is 77.2 Å². The summed E-state index contributed by atoms with van der Waals surface area (Å²) in [7, 11) is 2.05. The maximum atomic E-state index is 4.33. The average Bonchev–Trinajstić information content (AvgIpc) is 2.69. The molecule has 0 aliphatic carbocycles. The molecule has 1 aliphatic rings. The smallest absolute Gasteiger partial charge is 0.0858 e. The molecule has 0 fully saturated rings. The lowest BCUT2D eigenvalue weighted by molar-refractivity contribution is 0.672. The SMILES string of the molecule is CCC(CC)Nc1ccc(N=N/C=C2\C=CN(C)c3ccccc32)cc1. The van der Waals surface area contributed by atoms with Crippen molar-refractivity contribution in [2.45, 2.75) is 32.7 Å². The van der Waals surface area contributed by atoms with E-state index in [9.17, 15) is 0 Å². The number of rotatable bonds is 6. The Morgan fingerprint density at radius 2 is 1.77 bits per heavy atom. The molecule has 26 heavy (non-hydrogen) atoms. The molecule has 1 aliphatic heterocycles. The zero-order valence-corrected chi connectivity index (χ0v) is 15.7. The molecule has 4 heteroatoms. The Labute approximate surface area is 156 Å². The molecule has 0 bridgehead atoms. The van der Waals surface area contributed by atoms with E-state index in [1.165, 1.54) is 11.3 Å². The van der Waals surface area contributed by atoms with Crippen molar-refractivity contribution in [2.75, 3.05) is 17.3 Å². The van der Waals surface area contributed by atoms with Gasteiger partial charge in [-0.3, -0.25) is 0 Å². The van der Waals surface area contributed by atoms with Gasteiger partial charge in [0.15, 0.2) is 0 Å². The van der Waals surface area contributed by atoms with Gasteiger partial charge in [0.1, 0.15) is 0 Å². The fraction of sp³-hybridized carbons (Fsp3) is 0.273. The number of hydrogen-bond acceptors (Lipinski definition) is 4. The maximum absolute atomic E-state index is 4.33. The summed E-state index contributed by atoms with van der Waals surface area (Å²) in [5.74, 6) is 0. The van der Waals surface area contributed by atoms with Gasteiger partial charge in [0, 0.05) is 41.8 Å². The van der Waals surface area contributed by atoms with E-state index in [1.54, 1.807) is 0 Å². The van der Waals surface area contributed by atoms with Crippen molar-refractivity contribution in [2.24, 2.45) is 10.2 Å². The lowest BCUT2D eigenvalue weighted by atomic mass is 10.0. The molecule has 1 heterocycles. The van der Waals surface area contributed by atoms with Crippen LogP contribution in [0.2, 0.25) is 0 Å². The van der Waals surface area contributed by atoms with Crippen LogP contribution < -0.4 is 10.2 Å². The first-order valence-electron chi connectivity index (χ1n) is 9.19. The van der Waals surface area contributed by atoms with Gasteiger partial charge in [-0.1, -0.05) is 32.0 Å². The number of fused-ring (bicyclic) bond motifs is 1. The number of nitrogens with zero attached hydrogens (tertiary/aromatic N) is 3. The highest BCUT2D eigenvalue weighted by Gasteiger charge is 2.12. The topological polar surface area (TPSA) is 40.0 Å². The van der Waals surface area contributed by atoms with Crippen LogP contribution in [0.4, 0.5) is 17.1 Å². The second-order valence-corrected chi connectivity index (χ2v) is 6.45. The van der Waals surface area contributed by atoms with Crippen molar-refractivity contribution in [3.63, 3.8) is 0 Å². The van der Waals surface area contributed by atoms with Gasteiger partial charge in [-0.25, -0.2) is 0 Å². The predicted molar refractivity (Wildman–Crippen MR) is 111 cm³/mol. The monoisotopic (exact) mass is 346 g/mol. The van der Waals surface area contributed by atoms with Crippen LogP contribution in [-0.2, 0) is 0 Å². The van der Waals surface area contributed by atoms with Crippen molar-refractivity contribution in [1.29, 1.82) is 0 Å². The number of hydrogen-bond donors (Lipinski definition) is 1. The third-order valence-electron chi connectivity index (χ3n) is 4.67. The Balaban J connectivity index is 1.71. The zero-order chi connectivity index (χ0) is 18.4. The number of allylic oxidation sites excluding steroid dienone is 2. The van der Waals surface area contributed by atoms with E-state index in [1.807, 2.05) is 43.7 Å². The summed E-state index contributed by atoms with van der Waals surface area (Å²) < 4.78 is 0. The van der Waals surface area contributed by atoms with Crippen LogP contribution in [0.3, 0.4) is 0 Å². The number of benzene rings is 2. The predicted octanol–water partition coefficient (Wildman–Crippen LogP) is 6.38. The summed E-state index contributed by atoms with van der Waals surface area (Å²) in [5, 5.41) is 12.1. The number of anilines is 2. The maximum Gasteiger partial charge on any atom is 0.0858 e. The van der Waals surface area contributed by atoms with Crippen molar-refractivity contribution in [3.8, 4) is 0 Å². The minimum absolute atomic E-state index is 0.517. The minimum Gasteiger partial charge on any atom is -0.382 e. The third-order valence-corrected chi connectivity index (χ3v) is 4.67. The summed E-state index contributed by atoms with van der Waals surface area (Å²) in [4.78, 5) is 2.11. The highest BCUT2D eigenvalue weighted by Crippen LogP contribution is 2.31. The Morgan fingerprint density at radius 1 is 1.04 bits per heavy atom. The summed E-state index contributed by atoms with van der Waals surface area (Å²) in [5.41, 5.74) is 5.38. The molecule has 0 atom stereocenters. The van der Waals surface area contributed by atoms with Crippen molar-refractivity contribution < 1.29 is 0 Å². The van der Waals surface area contributed by atoms with E-state index in [2.05, 4.69) is 64.6 Å². The Hall–Kier alpha value is -2.88. The zero-order valence-electron chi connectivity index (χ0n) is 15.7. The van der Waals surface area contributed by atoms with Crippen LogP contribution >= 0.6 is 0 Å². The molecule has 134 valence electrons. The second kappa shape index (κ2) is 8.48. The number of nitrogens with one attached hydrogen (secondary N) is 1. The number of para-hydroxylation sites is 1. The fourth-order valence-electron chi connectivity index (χ4n) is 3.01. The molecule has 0 unspecified atom stereocenters. The second-order valence-electron chi connectivity index (χ2n) is 6.45. The van der Waals surface area contributed by atoms with Gasteiger partial charge in [-0.15, -0.1) is 0 Å². The molecular formula is C22H26N4. The largest absolute Gasteiger partial charge is 0.382 e. The first-order valence-corrected chi connectivity index (χ1v) is 9.19. The number of azo groups is 1. The molecule has 0 spiro atoms. The highest BCUT2D eigenvalue weighted by molar-refractivity contribution is 5.85. The summed E-state index contributed by atoms with van der Waals surface area (Å²) in [6.07, 6.45) is 8.16. The molecule has 0 aromatic heterocycles. The molecular weight excluding hydrogens is 320 g/mol. The first-order chi connectivity index (χ1) is 12.7. The molecule has 0 saturated carbocycles. The Morgan fingerprint density at radius 3 is 2.50 bits per heavy atom. The lowest BCUT2D eigenvalue weighted by Gasteiger charge is -2.23. The first kappa shape index (κ1) is 17.9. The molecule has 1 N–H and O–H groups in total. The summed E-state index contributed by atoms with van der Waals surface area (Å²) in [6.45, 7) is 4.40. The van der Waals surface area contributed by atoms with E-state index >= 15 is 0 Å². The van der Waals surface area contributed by atoms with Gasteiger partial charge in [0.25, 0.3) is 0 Å². The summed E-state index contributed by atoms with van der Waals surface area (Å²) in [6, 6.07) is 16.9. The lowest BCUT2D eigenvalue weighted by Crippen LogP contribution is -2.16. The van der Waals surface area contributed by atoms with Crippen LogP contribution in [-0.4, -0.2) is 13.1 Å². The average molecular weight is 346 g/mol. The van der Waals surface area contributed by atoms with E-state index in [0.29, 0.717) is 6.04 Å². The van der Waals surface area contributed by atoms with Crippen LogP contribution in [0.25, 0.3) is 5.57 Å². The van der Waals surface area contributed by atoms with Gasteiger partial charge in [0.2, 0.25) is 0 Å². The van der Waals surface area contributed by atoms with E-state index in [4.69, 9.17) is 0 Å². The summed E-state index contributed by atoms with van der Waals surface area (Å²) >= 11 is 0. The quantitative estimate of drug-likeness (QED) is 0.617. The van der Waals surface area contributed by atoms with Crippen LogP contribution in [0.1, 0.15) is 32.3 Å². The van der Waals surface area contributed by atoms with E-state index in [0.717, 1.165) is 29.8 Å². The highest BCUT2D eigenvalue weighted by atomic mass is 15.1. The Bertz CT molecular complexity index is 814. The molecule has 2 aromatic carbocycles. The van der Waals surface area contributed by atoms with Gasteiger partial charge < -0.3 is 10.2 Å². The van der Waals surface area contributed by atoms with Gasteiger partial charge in [0.05, 0.1) is 11.9 Å². The Kier molecular flexibility index (Phi) is 5.84. The molecule has 0 amide bonds. The van der Waals surface area contributed by atoms with Crippen molar-refractivity contribution in [3.05, 3.63) is 72.6 Å². The van der Waals surface area contributed by atoms with Gasteiger partial charge in [-0.2, -0.15) is 10.2 Å². The van der Waals surface area contributed by atoms with E-state index in [-0.39, 0.29) is 0 Å². The van der Waals surface area contributed by atoms with Crippen molar-refractivity contribution >= 4 is 22.6 Å². The van der Waals surface area contributed by atoms with Crippen LogP contribution in [0, 0.1) is 0 Å². The van der Waals surface area contributed by atoms with E-state index < -0.39 is 0 Å². The third kappa shape index (κ3) is 4.20. The molecule has 4 nitrogen and oxygen atoms in total. The van der Waals surface area contributed by atoms with Crippen LogP contribution in [0.5, 0.6) is 0 Å². The molecule has 0 saturated heterocycles. The molecule has 3 rings (SSSR count). The fourth-order valence-corrected chi connectivity index (χ4v) is 3.01. The normalized spacial score (nSPS) is 15.1. The molecule has 2 aromatic rings. The van der Waals surface area contributed by atoms with Gasteiger partial charge >= 0.3 is 0 Å². The minimum atomic E-state index is 0.517. The van der Waals surface area contributed by atoms with Gasteiger partial charge in [-0.05, 0) is 49.2 Å². The molecule has 0 radical (unpaired) electrons.